The van der Waals surface area contributed by atoms with E-state index in [2.05, 4.69) is 5.32 Å². The van der Waals surface area contributed by atoms with Crippen LogP contribution in [-0.4, -0.2) is 29.4 Å². The third-order valence-corrected chi connectivity index (χ3v) is 3.00. The zero-order chi connectivity index (χ0) is 14.5. The van der Waals surface area contributed by atoms with E-state index in [0.29, 0.717) is 24.7 Å². The van der Waals surface area contributed by atoms with E-state index in [-0.39, 0.29) is 11.4 Å². The highest BCUT2D eigenvalue weighted by Gasteiger charge is 2.16. The molecule has 0 aliphatic heterocycles. The summed E-state index contributed by atoms with van der Waals surface area (Å²) in [5.41, 5.74) is 1.00. The Morgan fingerprint density at radius 2 is 2.05 bits per heavy atom. The third kappa shape index (κ3) is 6.08. The van der Waals surface area contributed by atoms with Gasteiger partial charge in [-0.3, -0.25) is 4.79 Å². The number of carbonyl (C=O) groups is 1. The van der Waals surface area contributed by atoms with Crippen LogP contribution in [0.15, 0.2) is 24.3 Å². The van der Waals surface area contributed by atoms with Crippen LogP contribution in [0, 0.1) is 0 Å². The van der Waals surface area contributed by atoms with E-state index >= 15 is 0 Å². The van der Waals surface area contributed by atoms with Gasteiger partial charge in [0.1, 0.15) is 0 Å². The largest absolute Gasteiger partial charge is 0.338 e. The van der Waals surface area contributed by atoms with Crippen LogP contribution in [0.25, 0.3) is 0 Å². The van der Waals surface area contributed by atoms with Crippen LogP contribution >= 0.6 is 11.6 Å². The van der Waals surface area contributed by atoms with Gasteiger partial charge in [-0.25, -0.2) is 0 Å². The van der Waals surface area contributed by atoms with Crippen LogP contribution < -0.4 is 5.32 Å². The summed E-state index contributed by atoms with van der Waals surface area (Å²) in [5.74, 6) is 0.109. The Labute approximate surface area is 120 Å². The highest BCUT2D eigenvalue weighted by molar-refractivity contribution is 6.30. The Kier molecular flexibility index (Phi) is 5.83. The number of halogens is 1. The van der Waals surface area contributed by atoms with E-state index < -0.39 is 0 Å². The molecule has 0 spiro atoms. The van der Waals surface area contributed by atoms with Crippen LogP contribution in [0.1, 0.15) is 33.3 Å². The van der Waals surface area contributed by atoms with Crippen molar-refractivity contribution in [2.24, 2.45) is 0 Å². The van der Waals surface area contributed by atoms with Gasteiger partial charge in [0.15, 0.2) is 0 Å². The van der Waals surface area contributed by atoms with Gasteiger partial charge < -0.3 is 10.2 Å². The minimum absolute atomic E-state index is 0.0505. The minimum Gasteiger partial charge on any atom is -0.338 e. The first kappa shape index (κ1) is 16.0. The lowest BCUT2D eigenvalue weighted by atomic mass is 10.1. The van der Waals surface area contributed by atoms with E-state index in [4.69, 9.17) is 11.6 Å². The molecular formula is C15H23ClN2O. The van der Waals surface area contributed by atoms with Gasteiger partial charge in [-0.05, 0) is 45.4 Å². The fourth-order valence-electron chi connectivity index (χ4n) is 1.68. The topological polar surface area (TPSA) is 32.3 Å². The van der Waals surface area contributed by atoms with Crippen molar-refractivity contribution in [3.63, 3.8) is 0 Å². The monoisotopic (exact) mass is 282 g/mol. The zero-order valence-electron chi connectivity index (χ0n) is 12.2. The molecule has 0 bridgehead atoms. The molecule has 0 saturated carbocycles. The van der Waals surface area contributed by atoms with Crippen molar-refractivity contribution in [1.82, 2.24) is 10.2 Å². The normalized spacial score (nSPS) is 11.4. The standard InChI is InChI=1S/C15H23ClN2O/c1-5-18(14(19)10-17-15(2,3)4)11-12-7-6-8-13(16)9-12/h6-9,17H,5,10-11H2,1-4H3. The number of hydrogen-bond acceptors (Lipinski definition) is 2. The summed E-state index contributed by atoms with van der Waals surface area (Å²) in [6, 6.07) is 7.63. The average molecular weight is 283 g/mol. The van der Waals surface area contributed by atoms with Crippen molar-refractivity contribution in [1.29, 1.82) is 0 Å². The van der Waals surface area contributed by atoms with Crippen molar-refractivity contribution >= 4 is 17.5 Å². The van der Waals surface area contributed by atoms with E-state index in [1.54, 1.807) is 0 Å². The fourth-order valence-corrected chi connectivity index (χ4v) is 1.90. The summed E-state index contributed by atoms with van der Waals surface area (Å²) < 4.78 is 0. The molecule has 0 saturated heterocycles. The second-order valence-electron chi connectivity index (χ2n) is 5.64. The lowest BCUT2D eigenvalue weighted by molar-refractivity contribution is -0.130. The fraction of sp³-hybridized carbons (Fsp3) is 0.533. The summed E-state index contributed by atoms with van der Waals surface area (Å²) in [6.07, 6.45) is 0. The van der Waals surface area contributed by atoms with E-state index in [9.17, 15) is 4.79 Å². The molecule has 1 aromatic rings. The molecule has 0 fully saturated rings. The molecular weight excluding hydrogens is 260 g/mol. The Balaban J connectivity index is 2.60. The lowest BCUT2D eigenvalue weighted by Gasteiger charge is -2.25. The van der Waals surface area contributed by atoms with E-state index in [1.807, 2.05) is 56.9 Å². The van der Waals surface area contributed by atoms with Crippen LogP contribution in [0.5, 0.6) is 0 Å². The smallest absolute Gasteiger partial charge is 0.236 e. The summed E-state index contributed by atoms with van der Waals surface area (Å²) >= 11 is 5.96. The van der Waals surface area contributed by atoms with Crippen molar-refractivity contribution in [3.8, 4) is 0 Å². The maximum Gasteiger partial charge on any atom is 0.236 e. The SMILES string of the molecule is CCN(Cc1cccc(Cl)c1)C(=O)CNC(C)(C)C. The molecule has 1 aromatic carbocycles. The number of likely N-dealkylation sites (N-methyl/N-ethyl adjacent to an activating group) is 1. The van der Waals surface area contributed by atoms with Gasteiger partial charge >= 0.3 is 0 Å². The van der Waals surface area contributed by atoms with Gasteiger partial charge in [-0.1, -0.05) is 23.7 Å². The van der Waals surface area contributed by atoms with Crippen molar-refractivity contribution in [2.75, 3.05) is 13.1 Å². The third-order valence-electron chi connectivity index (χ3n) is 2.77. The molecule has 0 radical (unpaired) electrons. The summed E-state index contributed by atoms with van der Waals surface area (Å²) in [4.78, 5) is 14.0. The number of carbonyl (C=O) groups excluding carboxylic acids is 1. The number of amides is 1. The first-order chi connectivity index (χ1) is 8.81. The van der Waals surface area contributed by atoms with E-state index in [1.165, 1.54) is 0 Å². The van der Waals surface area contributed by atoms with Crippen molar-refractivity contribution in [2.45, 2.75) is 39.8 Å². The van der Waals surface area contributed by atoms with Crippen LogP contribution in [0.4, 0.5) is 0 Å². The summed E-state index contributed by atoms with van der Waals surface area (Å²) in [7, 11) is 0. The Morgan fingerprint density at radius 3 is 2.58 bits per heavy atom. The van der Waals surface area contributed by atoms with Gasteiger partial charge in [0.05, 0.1) is 6.54 Å². The second kappa shape index (κ2) is 6.92. The zero-order valence-corrected chi connectivity index (χ0v) is 12.9. The predicted molar refractivity (Wildman–Crippen MR) is 80.3 cm³/mol. The van der Waals surface area contributed by atoms with Gasteiger partial charge in [0.25, 0.3) is 0 Å². The summed E-state index contributed by atoms with van der Waals surface area (Å²) in [5, 5.41) is 3.92. The average Bonchev–Trinajstić information content (AvgIpc) is 2.32. The van der Waals surface area contributed by atoms with Gasteiger partial charge in [-0.15, -0.1) is 0 Å². The van der Waals surface area contributed by atoms with Crippen LogP contribution in [-0.2, 0) is 11.3 Å². The maximum atomic E-state index is 12.1. The molecule has 0 aliphatic rings. The van der Waals surface area contributed by atoms with Gasteiger partial charge in [-0.2, -0.15) is 0 Å². The first-order valence-electron chi connectivity index (χ1n) is 6.59. The molecule has 106 valence electrons. The molecule has 0 aliphatic carbocycles. The molecule has 0 unspecified atom stereocenters. The number of hydrogen-bond donors (Lipinski definition) is 1. The number of nitrogens with one attached hydrogen (secondary N) is 1. The molecule has 19 heavy (non-hydrogen) atoms. The van der Waals surface area contributed by atoms with Gasteiger partial charge in [0, 0.05) is 23.7 Å². The molecule has 0 aromatic heterocycles. The molecule has 3 nitrogen and oxygen atoms in total. The van der Waals surface area contributed by atoms with E-state index in [0.717, 1.165) is 5.56 Å². The molecule has 0 atom stereocenters. The van der Waals surface area contributed by atoms with Crippen molar-refractivity contribution in [3.05, 3.63) is 34.9 Å². The Hall–Kier alpha value is -1.06. The van der Waals surface area contributed by atoms with Crippen LogP contribution in [0.3, 0.4) is 0 Å². The summed E-state index contributed by atoms with van der Waals surface area (Å²) in [6.45, 7) is 9.78. The molecule has 1 amide bonds. The second-order valence-corrected chi connectivity index (χ2v) is 6.08. The Morgan fingerprint density at radius 1 is 1.37 bits per heavy atom. The number of nitrogens with zero attached hydrogens (tertiary/aromatic N) is 1. The van der Waals surface area contributed by atoms with Crippen LogP contribution in [0.2, 0.25) is 5.02 Å². The molecule has 4 heteroatoms. The maximum absolute atomic E-state index is 12.1. The number of rotatable bonds is 5. The quantitative estimate of drug-likeness (QED) is 0.900. The molecule has 1 rings (SSSR count). The predicted octanol–water partition coefficient (Wildman–Crippen LogP) is 3.08. The van der Waals surface area contributed by atoms with Gasteiger partial charge in [0.2, 0.25) is 5.91 Å². The van der Waals surface area contributed by atoms with Crippen molar-refractivity contribution < 1.29 is 4.79 Å². The first-order valence-corrected chi connectivity index (χ1v) is 6.97. The Bertz CT molecular complexity index is 426. The number of benzene rings is 1. The molecule has 1 N–H and O–H groups in total. The minimum atomic E-state index is -0.0505. The lowest BCUT2D eigenvalue weighted by Crippen LogP contribution is -2.44. The molecule has 0 heterocycles. The highest BCUT2D eigenvalue weighted by atomic mass is 35.5. The highest BCUT2D eigenvalue weighted by Crippen LogP contribution is 2.12.